The maximum Gasteiger partial charge on any atom is 0.287 e. The molecule has 164 valence electrons. The van der Waals surface area contributed by atoms with Crippen molar-refractivity contribution < 1.29 is 19.1 Å². The summed E-state index contributed by atoms with van der Waals surface area (Å²) in [7, 11) is 0. The number of hydrogen-bond acceptors (Lipinski definition) is 5. The van der Waals surface area contributed by atoms with Gasteiger partial charge in [0.05, 0.1) is 0 Å². The van der Waals surface area contributed by atoms with Crippen molar-refractivity contribution in [3.05, 3.63) is 107 Å². The predicted molar refractivity (Wildman–Crippen MR) is 127 cm³/mol. The average Bonchev–Trinajstić information content (AvgIpc) is 3.32. The molecular weight excluding hydrogens is 418 g/mol. The van der Waals surface area contributed by atoms with Crippen LogP contribution in [0.2, 0.25) is 0 Å². The zero-order valence-electron chi connectivity index (χ0n) is 17.6. The molecule has 33 heavy (non-hydrogen) atoms. The number of nitrogens with zero attached hydrogens (tertiary/aromatic N) is 1. The molecule has 0 bridgehead atoms. The molecule has 2 amide bonds. The predicted octanol–water partition coefficient (Wildman–Crippen LogP) is 4.00. The van der Waals surface area contributed by atoms with E-state index in [1.165, 1.54) is 6.21 Å². The van der Waals surface area contributed by atoms with Gasteiger partial charge in [-0.15, -0.1) is 0 Å². The van der Waals surface area contributed by atoms with Crippen molar-refractivity contribution in [1.29, 1.82) is 0 Å². The SMILES string of the molecule is O=C(N/N=C/C=C\c1ccccc1)/C(=C/c1ccc2c(c1)OCO2)NC(=O)c1ccccc1. The molecule has 0 saturated heterocycles. The van der Waals surface area contributed by atoms with Gasteiger partial charge in [-0.2, -0.15) is 5.10 Å². The van der Waals surface area contributed by atoms with Crippen molar-refractivity contribution in [3.63, 3.8) is 0 Å². The lowest BCUT2D eigenvalue weighted by Gasteiger charge is -2.09. The zero-order valence-corrected chi connectivity index (χ0v) is 17.6. The third-order valence-electron chi connectivity index (χ3n) is 4.65. The first-order chi connectivity index (χ1) is 16.2. The van der Waals surface area contributed by atoms with E-state index < -0.39 is 11.8 Å². The number of hydrazone groups is 1. The molecule has 0 radical (unpaired) electrons. The number of hydrogen-bond donors (Lipinski definition) is 2. The minimum absolute atomic E-state index is 0.0342. The molecule has 1 aliphatic rings. The molecule has 1 heterocycles. The van der Waals surface area contributed by atoms with Crippen LogP contribution in [-0.2, 0) is 4.79 Å². The number of rotatable bonds is 7. The lowest BCUT2D eigenvalue weighted by atomic mass is 10.1. The molecule has 0 atom stereocenters. The summed E-state index contributed by atoms with van der Waals surface area (Å²) in [5, 5.41) is 6.60. The maximum absolute atomic E-state index is 12.8. The summed E-state index contributed by atoms with van der Waals surface area (Å²) < 4.78 is 10.7. The highest BCUT2D eigenvalue weighted by atomic mass is 16.7. The average molecular weight is 439 g/mol. The zero-order chi connectivity index (χ0) is 22.9. The quantitative estimate of drug-likeness (QED) is 0.331. The lowest BCUT2D eigenvalue weighted by Crippen LogP contribution is -2.32. The van der Waals surface area contributed by atoms with E-state index in [0.29, 0.717) is 22.6 Å². The van der Waals surface area contributed by atoms with Crippen molar-refractivity contribution in [2.45, 2.75) is 0 Å². The van der Waals surface area contributed by atoms with E-state index in [1.807, 2.05) is 42.5 Å². The van der Waals surface area contributed by atoms with Gasteiger partial charge in [0.15, 0.2) is 11.5 Å². The van der Waals surface area contributed by atoms with E-state index >= 15 is 0 Å². The Balaban J connectivity index is 1.50. The minimum Gasteiger partial charge on any atom is -0.454 e. The van der Waals surface area contributed by atoms with Crippen LogP contribution in [0.5, 0.6) is 11.5 Å². The van der Waals surface area contributed by atoms with E-state index in [-0.39, 0.29) is 12.5 Å². The summed E-state index contributed by atoms with van der Waals surface area (Å²) in [6.07, 6.45) is 6.57. The first-order valence-electron chi connectivity index (χ1n) is 10.2. The number of carbonyl (C=O) groups excluding carboxylic acids is 2. The second-order valence-electron chi connectivity index (χ2n) is 6.98. The second-order valence-corrected chi connectivity index (χ2v) is 6.98. The summed E-state index contributed by atoms with van der Waals surface area (Å²) in [5.41, 5.74) is 4.57. The van der Waals surface area contributed by atoms with Crippen molar-refractivity contribution in [2.24, 2.45) is 5.10 Å². The number of ether oxygens (including phenoxy) is 2. The molecule has 0 fully saturated rings. The molecule has 3 aromatic rings. The number of amides is 2. The van der Waals surface area contributed by atoms with Crippen molar-refractivity contribution in [2.75, 3.05) is 6.79 Å². The molecule has 0 aromatic heterocycles. The van der Waals surface area contributed by atoms with Crippen LogP contribution in [0.1, 0.15) is 21.5 Å². The molecule has 1 aliphatic heterocycles. The highest BCUT2D eigenvalue weighted by Crippen LogP contribution is 2.33. The first-order valence-corrected chi connectivity index (χ1v) is 10.2. The fourth-order valence-corrected chi connectivity index (χ4v) is 3.03. The van der Waals surface area contributed by atoms with E-state index in [9.17, 15) is 9.59 Å². The molecule has 4 rings (SSSR count). The monoisotopic (exact) mass is 439 g/mol. The van der Waals surface area contributed by atoms with Crippen LogP contribution in [0.15, 0.2) is 95.7 Å². The number of nitrogens with one attached hydrogen (secondary N) is 2. The van der Waals surface area contributed by atoms with Gasteiger partial charge in [0.25, 0.3) is 11.8 Å². The van der Waals surface area contributed by atoms with Crippen LogP contribution < -0.4 is 20.2 Å². The standard InChI is InChI=1S/C26H21N3O4/c30-25(21-11-5-2-6-12-21)28-22(16-20-13-14-23-24(17-20)33-18-32-23)26(31)29-27-15-7-10-19-8-3-1-4-9-19/h1-17H,18H2,(H,28,30)(H,29,31)/b10-7-,22-16-,27-15+. The summed E-state index contributed by atoms with van der Waals surface area (Å²) in [5.74, 6) is 0.218. The van der Waals surface area contributed by atoms with E-state index in [4.69, 9.17) is 9.47 Å². The molecule has 0 aliphatic carbocycles. The van der Waals surface area contributed by atoms with Crippen molar-refractivity contribution in [3.8, 4) is 11.5 Å². The van der Waals surface area contributed by atoms with Gasteiger partial charge in [-0.3, -0.25) is 9.59 Å². The molecular formula is C26H21N3O4. The van der Waals surface area contributed by atoms with Gasteiger partial charge < -0.3 is 14.8 Å². The number of allylic oxidation sites excluding steroid dienone is 1. The minimum atomic E-state index is -0.568. The Morgan fingerprint density at radius 1 is 0.848 bits per heavy atom. The Kier molecular flexibility index (Phi) is 6.92. The molecule has 7 heteroatoms. The Labute approximate surface area is 191 Å². The molecule has 7 nitrogen and oxygen atoms in total. The van der Waals surface area contributed by atoms with Crippen LogP contribution in [0, 0.1) is 0 Å². The van der Waals surface area contributed by atoms with Crippen LogP contribution in [-0.4, -0.2) is 24.8 Å². The highest BCUT2D eigenvalue weighted by molar-refractivity contribution is 6.05. The first kappa shape index (κ1) is 21.6. The highest BCUT2D eigenvalue weighted by Gasteiger charge is 2.16. The van der Waals surface area contributed by atoms with Crippen molar-refractivity contribution >= 4 is 30.2 Å². The molecule has 2 N–H and O–H groups in total. The molecule has 3 aromatic carbocycles. The largest absolute Gasteiger partial charge is 0.454 e. The third kappa shape index (κ3) is 5.95. The summed E-state index contributed by atoms with van der Waals surface area (Å²) in [4.78, 5) is 25.4. The molecule has 0 unspecified atom stereocenters. The lowest BCUT2D eigenvalue weighted by molar-refractivity contribution is -0.117. The van der Waals surface area contributed by atoms with Gasteiger partial charge in [0.2, 0.25) is 6.79 Å². The summed E-state index contributed by atoms with van der Waals surface area (Å²) >= 11 is 0. The van der Waals surface area contributed by atoms with Gasteiger partial charge in [-0.05, 0) is 47.5 Å². The van der Waals surface area contributed by atoms with Gasteiger partial charge in [0, 0.05) is 11.8 Å². The Morgan fingerprint density at radius 3 is 2.36 bits per heavy atom. The Hall–Kier alpha value is -4.65. The van der Waals surface area contributed by atoms with E-state index in [2.05, 4.69) is 15.8 Å². The summed E-state index contributed by atoms with van der Waals surface area (Å²) in [6, 6.07) is 23.6. The fraction of sp³-hybridized carbons (Fsp3) is 0.0385. The van der Waals surface area contributed by atoms with E-state index in [1.54, 1.807) is 54.6 Å². The second kappa shape index (κ2) is 10.6. The van der Waals surface area contributed by atoms with Gasteiger partial charge in [0.1, 0.15) is 5.70 Å². The summed E-state index contributed by atoms with van der Waals surface area (Å²) in [6.45, 7) is 0.145. The Bertz CT molecular complexity index is 1220. The smallest absolute Gasteiger partial charge is 0.287 e. The van der Waals surface area contributed by atoms with Crippen molar-refractivity contribution in [1.82, 2.24) is 10.7 Å². The molecule has 0 saturated carbocycles. The van der Waals surface area contributed by atoms with Crippen LogP contribution in [0.25, 0.3) is 12.2 Å². The number of benzene rings is 3. The number of fused-ring (bicyclic) bond motifs is 1. The maximum atomic E-state index is 12.8. The van der Waals surface area contributed by atoms with Crippen LogP contribution in [0.3, 0.4) is 0 Å². The third-order valence-corrected chi connectivity index (χ3v) is 4.65. The van der Waals surface area contributed by atoms with Gasteiger partial charge in [-0.25, -0.2) is 5.43 Å². The Morgan fingerprint density at radius 2 is 1.58 bits per heavy atom. The number of carbonyl (C=O) groups is 2. The van der Waals surface area contributed by atoms with Crippen LogP contribution >= 0.6 is 0 Å². The normalized spacial score (nSPS) is 12.8. The van der Waals surface area contributed by atoms with Gasteiger partial charge >= 0.3 is 0 Å². The van der Waals surface area contributed by atoms with Crippen LogP contribution in [0.4, 0.5) is 0 Å². The molecule has 0 spiro atoms. The van der Waals surface area contributed by atoms with E-state index in [0.717, 1.165) is 5.56 Å². The topological polar surface area (TPSA) is 89.0 Å². The van der Waals surface area contributed by atoms with Gasteiger partial charge in [-0.1, -0.05) is 60.7 Å². The fourth-order valence-electron chi connectivity index (χ4n) is 3.03.